The van der Waals surface area contributed by atoms with Gasteiger partial charge in [-0.2, -0.15) is 0 Å². The lowest BCUT2D eigenvalue weighted by atomic mass is 10.00. The van der Waals surface area contributed by atoms with E-state index in [1.807, 2.05) is 0 Å². The molecule has 1 aromatic rings. The van der Waals surface area contributed by atoms with Gasteiger partial charge in [0.15, 0.2) is 0 Å². The van der Waals surface area contributed by atoms with E-state index in [2.05, 4.69) is 44.3 Å². The van der Waals surface area contributed by atoms with Crippen LogP contribution in [0.5, 0.6) is 5.75 Å². The maximum atomic E-state index is 5.97. The Morgan fingerprint density at radius 1 is 1.27 bits per heavy atom. The normalized spacial score (nSPS) is 15.9. The van der Waals surface area contributed by atoms with Crippen molar-refractivity contribution in [1.82, 2.24) is 5.32 Å². The molecule has 0 aliphatic carbocycles. The molecule has 0 amide bonds. The summed E-state index contributed by atoms with van der Waals surface area (Å²) in [6.07, 6.45) is 1.07. The number of fused-ring (bicyclic) bond motifs is 1. The van der Waals surface area contributed by atoms with Crippen molar-refractivity contribution in [3.63, 3.8) is 0 Å². The minimum absolute atomic E-state index is 0.111. The molecule has 1 heterocycles. The summed E-state index contributed by atoms with van der Waals surface area (Å²) in [6, 6.07) is 6.33. The molecule has 0 saturated heterocycles. The number of nitrogens with one attached hydrogen (secondary N) is 1. The predicted octanol–water partition coefficient (Wildman–Crippen LogP) is 2.51. The molecule has 2 rings (SSSR count). The Kier molecular flexibility index (Phi) is 2.70. The number of rotatable bonds is 1. The van der Waals surface area contributed by atoms with Crippen molar-refractivity contribution in [3.8, 4) is 5.75 Å². The molecular formula is C13H19NO. The standard InChI is InChI=1S/C13H19NO/c1-13(2,3)15-12-6-4-5-10-9-14-8-7-11(10)12/h4-6,14H,7-9H2,1-3H3. The highest BCUT2D eigenvalue weighted by atomic mass is 16.5. The molecule has 82 valence electrons. The van der Waals surface area contributed by atoms with Crippen molar-refractivity contribution in [2.45, 2.75) is 39.3 Å². The second-order valence-electron chi connectivity index (χ2n) is 5.04. The number of hydrogen-bond acceptors (Lipinski definition) is 2. The highest BCUT2D eigenvalue weighted by Gasteiger charge is 2.18. The fourth-order valence-electron chi connectivity index (χ4n) is 1.92. The second kappa shape index (κ2) is 3.86. The van der Waals surface area contributed by atoms with Crippen LogP contribution in [-0.4, -0.2) is 12.1 Å². The van der Waals surface area contributed by atoms with Gasteiger partial charge in [0, 0.05) is 6.54 Å². The first kappa shape index (κ1) is 10.5. The molecule has 0 atom stereocenters. The van der Waals surface area contributed by atoms with E-state index in [1.54, 1.807) is 0 Å². The molecule has 1 N–H and O–H groups in total. The van der Waals surface area contributed by atoms with Crippen molar-refractivity contribution < 1.29 is 4.74 Å². The maximum Gasteiger partial charge on any atom is 0.123 e. The molecule has 15 heavy (non-hydrogen) atoms. The summed E-state index contributed by atoms with van der Waals surface area (Å²) in [4.78, 5) is 0. The quantitative estimate of drug-likeness (QED) is 0.760. The van der Waals surface area contributed by atoms with E-state index in [-0.39, 0.29) is 5.60 Å². The van der Waals surface area contributed by atoms with Gasteiger partial charge >= 0.3 is 0 Å². The van der Waals surface area contributed by atoms with Gasteiger partial charge in [0.2, 0.25) is 0 Å². The van der Waals surface area contributed by atoms with Gasteiger partial charge in [0.05, 0.1) is 0 Å². The summed E-state index contributed by atoms with van der Waals surface area (Å²) in [5.41, 5.74) is 2.65. The largest absolute Gasteiger partial charge is 0.488 e. The smallest absolute Gasteiger partial charge is 0.123 e. The second-order valence-corrected chi connectivity index (χ2v) is 5.04. The van der Waals surface area contributed by atoms with Gasteiger partial charge in [0.1, 0.15) is 11.4 Å². The van der Waals surface area contributed by atoms with Crippen LogP contribution in [0.25, 0.3) is 0 Å². The van der Waals surface area contributed by atoms with Gasteiger partial charge < -0.3 is 10.1 Å². The zero-order chi connectivity index (χ0) is 10.9. The molecule has 0 bridgehead atoms. The molecular weight excluding hydrogens is 186 g/mol. The van der Waals surface area contributed by atoms with E-state index in [1.165, 1.54) is 11.1 Å². The third-order valence-corrected chi connectivity index (χ3v) is 2.51. The molecule has 0 unspecified atom stereocenters. The highest BCUT2D eigenvalue weighted by molar-refractivity contribution is 5.42. The topological polar surface area (TPSA) is 21.3 Å². The molecule has 1 aliphatic rings. The first-order chi connectivity index (χ1) is 7.06. The van der Waals surface area contributed by atoms with Gasteiger partial charge in [0.25, 0.3) is 0 Å². The van der Waals surface area contributed by atoms with Crippen LogP contribution >= 0.6 is 0 Å². The van der Waals surface area contributed by atoms with E-state index in [9.17, 15) is 0 Å². The van der Waals surface area contributed by atoms with Crippen molar-refractivity contribution in [2.24, 2.45) is 0 Å². The van der Waals surface area contributed by atoms with Crippen LogP contribution in [0.4, 0.5) is 0 Å². The lowest BCUT2D eigenvalue weighted by Crippen LogP contribution is -2.27. The number of ether oxygens (including phenoxy) is 1. The average molecular weight is 205 g/mol. The zero-order valence-corrected chi connectivity index (χ0v) is 9.76. The Hall–Kier alpha value is -1.02. The summed E-state index contributed by atoms with van der Waals surface area (Å²) < 4.78 is 5.97. The Morgan fingerprint density at radius 2 is 2.07 bits per heavy atom. The molecule has 0 aromatic heterocycles. The lowest BCUT2D eigenvalue weighted by Gasteiger charge is -2.26. The van der Waals surface area contributed by atoms with Crippen molar-refractivity contribution in [3.05, 3.63) is 29.3 Å². The van der Waals surface area contributed by atoms with E-state index < -0.39 is 0 Å². The third-order valence-electron chi connectivity index (χ3n) is 2.51. The van der Waals surface area contributed by atoms with Crippen LogP contribution in [0.3, 0.4) is 0 Å². The fraction of sp³-hybridized carbons (Fsp3) is 0.538. The van der Waals surface area contributed by atoms with E-state index in [0.717, 1.165) is 25.3 Å². The van der Waals surface area contributed by atoms with E-state index in [0.29, 0.717) is 0 Å². The van der Waals surface area contributed by atoms with E-state index >= 15 is 0 Å². The Morgan fingerprint density at radius 3 is 2.80 bits per heavy atom. The Bertz CT molecular complexity index is 352. The van der Waals surface area contributed by atoms with Gasteiger partial charge in [-0.05, 0) is 50.9 Å². The van der Waals surface area contributed by atoms with Gasteiger partial charge in [-0.15, -0.1) is 0 Å². The summed E-state index contributed by atoms with van der Waals surface area (Å²) in [5, 5.41) is 3.38. The van der Waals surface area contributed by atoms with Crippen molar-refractivity contribution >= 4 is 0 Å². The van der Waals surface area contributed by atoms with Gasteiger partial charge in [-0.1, -0.05) is 12.1 Å². The third kappa shape index (κ3) is 2.51. The predicted molar refractivity (Wildman–Crippen MR) is 62.2 cm³/mol. The molecule has 0 spiro atoms. The minimum atomic E-state index is -0.111. The van der Waals surface area contributed by atoms with Gasteiger partial charge in [-0.25, -0.2) is 0 Å². The molecule has 1 aromatic carbocycles. The van der Waals surface area contributed by atoms with Crippen LogP contribution in [0.1, 0.15) is 31.9 Å². The molecule has 0 radical (unpaired) electrons. The molecule has 0 fully saturated rings. The van der Waals surface area contributed by atoms with Gasteiger partial charge in [-0.3, -0.25) is 0 Å². The summed E-state index contributed by atoms with van der Waals surface area (Å²) in [7, 11) is 0. The summed E-state index contributed by atoms with van der Waals surface area (Å²) >= 11 is 0. The zero-order valence-electron chi connectivity index (χ0n) is 9.76. The monoisotopic (exact) mass is 205 g/mol. The maximum absolute atomic E-state index is 5.97. The van der Waals surface area contributed by atoms with Crippen LogP contribution in [0.2, 0.25) is 0 Å². The van der Waals surface area contributed by atoms with Crippen LogP contribution in [0, 0.1) is 0 Å². The Labute approximate surface area is 91.6 Å². The first-order valence-corrected chi connectivity index (χ1v) is 5.57. The Balaban J connectivity index is 2.31. The van der Waals surface area contributed by atoms with Crippen LogP contribution < -0.4 is 10.1 Å². The fourth-order valence-corrected chi connectivity index (χ4v) is 1.92. The first-order valence-electron chi connectivity index (χ1n) is 5.57. The van der Waals surface area contributed by atoms with E-state index in [4.69, 9.17) is 4.74 Å². The summed E-state index contributed by atoms with van der Waals surface area (Å²) in [6.45, 7) is 8.29. The van der Waals surface area contributed by atoms with Crippen LogP contribution in [0.15, 0.2) is 18.2 Å². The molecule has 2 heteroatoms. The van der Waals surface area contributed by atoms with Crippen molar-refractivity contribution in [2.75, 3.05) is 6.54 Å². The molecule has 0 saturated carbocycles. The number of benzene rings is 1. The van der Waals surface area contributed by atoms with Crippen molar-refractivity contribution in [1.29, 1.82) is 0 Å². The average Bonchev–Trinajstić information content (AvgIpc) is 2.16. The molecule has 1 aliphatic heterocycles. The number of hydrogen-bond donors (Lipinski definition) is 1. The SMILES string of the molecule is CC(C)(C)Oc1cccc2c1CCNC2. The summed E-state index contributed by atoms with van der Waals surface area (Å²) in [5.74, 6) is 1.06. The minimum Gasteiger partial charge on any atom is -0.488 e. The highest BCUT2D eigenvalue weighted by Crippen LogP contribution is 2.28. The lowest BCUT2D eigenvalue weighted by molar-refractivity contribution is 0.129. The molecule has 2 nitrogen and oxygen atoms in total. The van der Waals surface area contributed by atoms with Crippen LogP contribution in [-0.2, 0) is 13.0 Å².